The van der Waals surface area contributed by atoms with Gasteiger partial charge >= 0.3 is 0 Å². The van der Waals surface area contributed by atoms with Crippen LogP contribution in [0.1, 0.15) is 33.6 Å². The Morgan fingerprint density at radius 2 is 2.00 bits per heavy atom. The summed E-state index contributed by atoms with van der Waals surface area (Å²) in [5.74, 6) is 0. The molecule has 1 aromatic carbocycles. The van der Waals surface area contributed by atoms with Crippen LogP contribution in [0.5, 0.6) is 0 Å². The van der Waals surface area contributed by atoms with Crippen molar-refractivity contribution in [1.82, 2.24) is 9.55 Å². The molecule has 0 aliphatic heterocycles. The first kappa shape index (κ1) is 10.2. The molecular weight excluding hydrogens is 184 g/mol. The van der Waals surface area contributed by atoms with Gasteiger partial charge in [0.2, 0.25) is 0 Å². The fraction of sp³-hybridized carbons (Fsp3) is 0.462. The highest BCUT2D eigenvalue weighted by Gasteiger charge is 2.20. The maximum Gasteiger partial charge on any atom is 0.0963 e. The summed E-state index contributed by atoms with van der Waals surface area (Å²) in [4.78, 5) is 4.43. The minimum Gasteiger partial charge on any atom is -0.325 e. The molecule has 0 amide bonds. The van der Waals surface area contributed by atoms with Crippen molar-refractivity contribution in [2.75, 3.05) is 0 Å². The van der Waals surface area contributed by atoms with Gasteiger partial charge in [0, 0.05) is 5.54 Å². The number of para-hydroxylation sites is 2. The van der Waals surface area contributed by atoms with Crippen LogP contribution in [0, 0.1) is 0 Å². The van der Waals surface area contributed by atoms with Gasteiger partial charge in [-0.1, -0.05) is 25.5 Å². The third-order valence-corrected chi connectivity index (χ3v) is 2.97. The van der Waals surface area contributed by atoms with E-state index in [4.69, 9.17) is 0 Å². The first-order valence-corrected chi connectivity index (χ1v) is 5.58. The van der Waals surface area contributed by atoms with Gasteiger partial charge in [-0.2, -0.15) is 0 Å². The number of rotatable bonds is 3. The van der Waals surface area contributed by atoms with Gasteiger partial charge in [-0.25, -0.2) is 4.98 Å². The maximum atomic E-state index is 4.43. The van der Waals surface area contributed by atoms with E-state index in [9.17, 15) is 0 Å². The smallest absolute Gasteiger partial charge is 0.0963 e. The van der Waals surface area contributed by atoms with E-state index in [-0.39, 0.29) is 5.54 Å². The van der Waals surface area contributed by atoms with Crippen molar-refractivity contribution in [1.29, 1.82) is 0 Å². The third kappa shape index (κ3) is 1.76. The number of benzene rings is 1. The largest absolute Gasteiger partial charge is 0.325 e. The molecule has 2 rings (SSSR count). The normalized spacial score (nSPS) is 12.2. The van der Waals surface area contributed by atoms with E-state index in [1.165, 1.54) is 18.4 Å². The van der Waals surface area contributed by atoms with Crippen LogP contribution < -0.4 is 0 Å². The fourth-order valence-corrected chi connectivity index (χ4v) is 2.17. The second kappa shape index (κ2) is 3.69. The van der Waals surface area contributed by atoms with Crippen molar-refractivity contribution in [2.24, 2.45) is 0 Å². The summed E-state index contributed by atoms with van der Waals surface area (Å²) < 4.78 is 2.28. The van der Waals surface area contributed by atoms with Crippen LogP contribution in [0.15, 0.2) is 30.6 Å². The van der Waals surface area contributed by atoms with Crippen LogP contribution in [0.2, 0.25) is 0 Å². The number of imidazole rings is 1. The summed E-state index contributed by atoms with van der Waals surface area (Å²) in [6, 6.07) is 8.31. The summed E-state index contributed by atoms with van der Waals surface area (Å²) in [6.45, 7) is 6.76. The van der Waals surface area contributed by atoms with Crippen molar-refractivity contribution >= 4 is 11.0 Å². The Labute approximate surface area is 90.9 Å². The van der Waals surface area contributed by atoms with Crippen molar-refractivity contribution in [3.05, 3.63) is 30.6 Å². The predicted molar refractivity (Wildman–Crippen MR) is 64.0 cm³/mol. The maximum absolute atomic E-state index is 4.43. The quantitative estimate of drug-likeness (QED) is 0.744. The van der Waals surface area contributed by atoms with Gasteiger partial charge in [0.15, 0.2) is 0 Å². The second-order valence-electron chi connectivity index (χ2n) is 4.67. The Bertz CT molecular complexity index is 454. The average Bonchev–Trinajstić information content (AvgIpc) is 2.61. The summed E-state index contributed by atoms with van der Waals surface area (Å²) in [5.41, 5.74) is 2.47. The Morgan fingerprint density at radius 1 is 1.27 bits per heavy atom. The molecule has 0 bridgehead atoms. The van der Waals surface area contributed by atoms with E-state index >= 15 is 0 Å². The van der Waals surface area contributed by atoms with Gasteiger partial charge in [-0.3, -0.25) is 0 Å². The summed E-state index contributed by atoms with van der Waals surface area (Å²) in [5, 5.41) is 0. The first-order chi connectivity index (χ1) is 7.15. The van der Waals surface area contributed by atoms with Crippen molar-refractivity contribution in [2.45, 2.75) is 39.2 Å². The van der Waals surface area contributed by atoms with Crippen LogP contribution in [0.3, 0.4) is 0 Å². The van der Waals surface area contributed by atoms with Gasteiger partial charge < -0.3 is 4.57 Å². The molecule has 0 radical (unpaired) electrons. The Morgan fingerprint density at radius 3 is 2.73 bits per heavy atom. The number of aromatic nitrogens is 2. The van der Waals surface area contributed by atoms with Gasteiger partial charge in [-0.05, 0) is 32.4 Å². The monoisotopic (exact) mass is 202 g/mol. The average molecular weight is 202 g/mol. The van der Waals surface area contributed by atoms with Gasteiger partial charge in [-0.15, -0.1) is 0 Å². The second-order valence-corrected chi connectivity index (χ2v) is 4.67. The van der Waals surface area contributed by atoms with Crippen LogP contribution >= 0.6 is 0 Å². The van der Waals surface area contributed by atoms with Crippen molar-refractivity contribution < 1.29 is 0 Å². The number of fused-ring (bicyclic) bond motifs is 1. The molecular formula is C13H18N2. The van der Waals surface area contributed by atoms with Crippen LogP contribution in [0.25, 0.3) is 11.0 Å². The molecule has 15 heavy (non-hydrogen) atoms. The van der Waals surface area contributed by atoms with E-state index in [0.29, 0.717) is 0 Å². The lowest BCUT2D eigenvalue weighted by Crippen LogP contribution is -2.24. The summed E-state index contributed by atoms with van der Waals surface area (Å²) in [7, 11) is 0. The minimum absolute atomic E-state index is 0.158. The van der Waals surface area contributed by atoms with E-state index in [1.54, 1.807) is 0 Å². The molecule has 0 N–H and O–H groups in total. The molecule has 1 aromatic heterocycles. The summed E-state index contributed by atoms with van der Waals surface area (Å²) >= 11 is 0. The SMILES string of the molecule is CCCC(C)(C)n1cnc2ccccc21. The number of hydrogen-bond donors (Lipinski definition) is 0. The third-order valence-electron chi connectivity index (χ3n) is 2.97. The molecule has 2 nitrogen and oxygen atoms in total. The highest BCUT2D eigenvalue weighted by atomic mass is 15.1. The standard InChI is InChI=1S/C13H18N2/c1-4-9-13(2,3)15-10-14-11-7-5-6-8-12(11)15/h5-8,10H,4,9H2,1-3H3. The number of nitrogens with zero attached hydrogens (tertiary/aromatic N) is 2. The Kier molecular flexibility index (Phi) is 2.51. The van der Waals surface area contributed by atoms with Crippen molar-refractivity contribution in [3.8, 4) is 0 Å². The lowest BCUT2D eigenvalue weighted by atomic mass is 9.98. The molecule has 0 aliphatic carbocycles. The van der Waals surface area contributed by atoms with Crippen LogP contribution in [0.4, 0.5) is 0 Å². The summed E-state index contributed by atoms with van der Waals surface area (Å²) in [6.07, 6.45) is 4.33. The Hall–Kier alpha value is -1.31. The molecule has 0 unspecified atom stereocenters. The Balaban J connectivity index is 2.52. The fourth-order valence-electron chi connectivity index (χ4n) is 2.17. The highest BCUT2D eigenvalue weighted by Crippen LogP contribution is 2.26. The van der Waals surface area contributed by atoms with Crippen LogP contribution in [-0.2, 0) is 5.54 Å². The molecule has 80 valence electrons. The molecule has 0 spiro atoms. The molecule has 0 fully saturated rings. The molecule has 0 saturated heterocycles. The lowest BCUT2D eigenvalue weighted by molar-refractivity contribution is 0.333. The molecule has 0 aliphatic rings. The molecule has 2 heteroatoms. The lowest BCUT2D eigenvalue weighted by Gasteiger charge is -2.26. The zero-order valence-electron chi connectivity index (χ0n) is 9.70. The molecule has 0 atom stereocenters. The van der Waals surface area contributed by atoms with Gasteiger partial charge in [0.25, 0.3) is 0 Å². The first-order valence-electron chi connectivity index (χ1n) is 5.58. The molecule has 0 saturated carbocycles. The van der Waals surface area contributed by atoms with Gasteiger partial charge in [0.05, 0.1) is 17.4 Å². The van der Waals surface area contributed by atoms with E-state index in [1.807, 2.05) is 12.4 Å². The topological polar surface area (TPSA) is 17.8 Å². The van der Waals surface area contributed by atoms with E-state index < -0.39 is 0 Å². The zero-order valence-corrected chi connectivity index (χ0v) is 9.70. The number of hydrogen-bond acceptors (Lipinski definition) is 1. The predicted octanol–water partition coefficient (Wildman–Crippen LogP) is 3.57. The van der Waals surface area contributed by atoms with Gasteiger partial charge in [0.1, 0.15) is 0 Å². The zero-order chi connectivity index (χ0) is 10.9. The minimum atomic E-state index is 0.158. The van der Waals surface area contributed by atoms with Crippen LogP contribution in [-0.4, -0.2) is 9.55 Å². The highest BCUT2D eigenvalue weighted by molar-refractivity contribution is 5.75. The molecule has 2 aromatic rings. The van der Waals surface area contributed by atoms with E-state index in [2.05, 4.69) is 48.5 Å². The van der Waals surface area contributed by atoms with Crippen molar-refractivity contribution in [3.63, 3.8) is 0 Å². The molecule has 1 heterocycles. The van der Waals surface area contributed by atoms with E-state index in [0.717, 1.165) is 5.52 Å².